The van der Waals surface area contributed by atoms with Crippen LogP contribution < -0.4 is 10.7 Å². The molecule has 0 radical (unpaired) electrons. The molecular weight excluding hydrogens is 344 g/mol. The third-order valence-electron chi connectivity index (χ3n) is 4.87. The van der Waals surface area contributed by atoms with Crippen LogP contribution in [-0.2, 0) is 16.1 Å². The van der Waals surface area contributed by atoms with Crippen LogP contribution in [-0.4, -0.2) is 15.9 Å². The third-order valence-corrected chi connectivity index (χ3v) is 6.17. The number of rotatable bonds is 2. The molecule has 0 aliphatic carbocycles. The smallest absolute Gasteiger partial charge is 0.267 e. The maximum atomic E-state index is 12.8. The molecule has 0 saturated carbocycles. The van der Waals surface area contributed by atoms with E-state index < -0.39 is 4.87 Å². The van der Waals surface area contributed by atoms with Crippen LogP contribution in [0.4, 0.5) is 5.69 Å². The quantitative estimate of drug-likeness (QED) is 0.733. The fourth-order valence-electron chi connectivity index (χ4n) is 3.47. The molecule has 2 aliphatic rings. The van der Waals surface area contributed by atoms with Gasteiger partial charge in [0, 0.05) is 28.4 Å². The molecule has 6 heteroatoms. The molecule has 2 N–H and O–H groups in total. The molecule has 0 saturated heterocycles. The highest BCUT2D eigenvalue weighted by atomic mass is 32.2. The highest BCUT2D eigenvalue weighted by molar-refractivity contribution is 8.16. The first-order valence-corrected chi connectivity index (χ1v) is 9.36. The topological polar surface area (TPSA) is 66.4 Å². The molecule has 3 aromatic rings. The summed E-state index contributed by atoms with van der Waals surface area (Å²) < 4.78 is 0. The molecule has 1 amide bonds. The number of hydrogen-bond donors (Lipinski definition) is 2. The van der Waals surface area contributed by atoms with Crippen molar-refractivity contribution in [3.05, 3.63) is 71.4 Å². The van der Waals surface area contributed by atoms with Gasteiger partial charge in [0.05, 0.1) is 5.52 Å². The van der Waals surface area contributed by atoms with Gasteiger partial charge >= 0.3 is 0 Å². The molecule has 0 fully saturated rings. The van der Waals surface area contributed by atoms with E-state index in [9.17, 15) is 4.79 Å². The van der Waals surface area contributed by atoms with Gasteiger partial charge in [-0.2, -0.15) is 5.10 Å². The van der Waals surface area contributed by atoms with Crippen molar-refractivity contribution in [2.45, 2.75) is 18.2 Å². The van der Waals surface area contributed by atoms with Gasteiger partial charge in [0.25, 0.3) is 5.91 Å². The molecule has 2 aliphatic heterocycles. The van der Waals surface area contributed by atoms with Crippen molar-refractivity contribution in [1.82, 2.24) is 10.4 Å². The van der Waals surface area contributed by atoms with Crippen molar-refractivity contribution >= 4 is 39.3 Å². The minimum atomic E-state index is -0.910. The van der Waals surface area contributed by atoms with Crippen LogP contribution in [0.5, 0.6) is 0 Å². The van der Waals surface area contributed by atoms with Crippen molar-refractivity contribution in [3.8, 4) is 0 Å². The standard InChI is InChI=1S/C20H16N4OS/c1-2-12-8-9-16-15(11-12)20(19(25)22-16)24-23-18(26-20)14-7-3-5-13-6-4-10-21-17(13)14/h3-11,24H,2H2,1H3,(H,22,25). The number of hydrogen-bond acceptors (Lipinski definition) is 5. The van der Waals surface area contributed by atoms with Crippen LogP contribution in [0.25, 0.3) is 10.9 Å². The van der Waals surface area contributed by atoms with Crippen LogP contribution >= 0.6 is 11.8 Å². The SMILES string of the molecule is CCc1ccc2c(c1)C1(NN=C(c3cccc4cccnc34)S1)C(=O)N2. The number of aryl methyl sites for hydroxylation is 1. The third kappa shape index (κ3) is 2.08. The Balaban J connectivity index is 1.59. The molecule has 0 bridgehead atoms. The maximum Gasteiger partial charge on any atom is 0.267 e. The van der Waals surface area contributed by atoms with Crippen molar-refractivity contribution in [2.75, 3.05) is 5.32 Å². The molecule has 1 atom stereocenters. The number of carbonyl (C=O) groups excluding carboxylic acids is 1. The minimum absolute atomic E-state index is 0.0855. The molecule has 1 aromatic heterocycles. The summed E-state index contributed by atoms with van der Waals surface area (Å²) in [6.07, 6.45) is 2.70. The molecule has 5 nitrogen and oxygen atoms in total. The van der Waals surface area contributed by atoms with Crippen molar-refractivity contribution in [2.24, 2.45) is 5.10 Å². The fourth-order valence-corrected chi connectivity index (χ4v) is 4.64. The van der Waals surface area contributed by atoms with E-state index in [0.29, 0.717) is 0 Å². The molecule has 128 valence electrons. The van der Waals surface area contributed by atoms with Gasteiger partial charge in [-0.3, -0.25) is 15.2 Å². The Kier molecular flexibility index (Phi) is 3.30. The Hall–Kier alpha value is -2.86. The van der Waals surface area contributed by atoms with Gasteiger partial charge < -0.3 is 5.32 Å². The van der Waals surface area contributed by atoms with E-state index in [-0.39, 0.29) is 5.91 Å². The van der Waals surface area contributed by atoms with Gasteiger partial charge in [-0.1, -0.05) is 43.0 Å². The van der Waals surface area contributed by atoms with Gasteiger partial charge in [-0.15, -0.1) is 0 Å². The second-order valence-electron chi connectivity index (χ2n) is 6.38. The molecule has 3 heterocycles. The number of hydrazone groups is 1. The first-order chi connectivity index (χ1) is 12.7. The summed E-state index contributed by atoms with van der Waals surface area (Å²) in [5, 5.41) is 9.34. The molecule has 1 spiro atoms. The van der Waals surface area contributed by atoms with Crippen LogP contribution in [0.3, 0.4) is 0 Å². The molecular formula is C20H16N4OS. The molecule has 1 unspecified atom stereocenters. The normalized spacial score (nSPS) is 20.8. The lowest BCUT2D eigenvalue weighted by Gasteiger charge is -2.20. The second kappa shape index (κ2) is 5.57. The summed E-state index contributed by atoms with van der Waals surface area (Å²) in [5.74, 6) is -0.0855. The highest BCUT2D eigenvalue weighted by Gasteiger charge is 2.52. The number of pyridine rings is 1. The Bertz CT molecular complexity index is 1090. The average Bonchev–Trinajstić information content (AvgIpc) is 3.24. The number of anilines is 1. The van der Waals surface area contributed by atoms with E-state index in [4.69, 9.17) is 0 Å². The van der Waals surface area contributed by atoms with Gasteiger partial charge in [-0.25, -0.2) is 0 Å². The lowest BCUT2D eigenvalue weighted by Crippen LogP contribution is -2.39. The predicted octanol–water partition coefficient (Wildman–Crippen LogP) is 3.60. The lowest BCUT2D eigenvalue weighted by atomic mass is 10.0. The Morgan fingerprint density at radius 3 is 2.92 bits per heavy atom. The number of fused-ring (bicyclic) bond motifs is 3. The number of para-hydroxylation sites is 1. The summed E-state index contributed by atoms with van der Waals surface area (Å²) in [4.78, 5) is 16.4. The van der Waals surface area contributed by atoms with E-state index in [0.717, 1.165) is 39.2 Å². The Morgan fingerprint density at radius 1 is 1.15 bits per heavy atom. The van der Waals surface area contributed by atoms with Gasteiger partial charge in [0.15, 0.2) is 0 Å². The monoisotopic (exact) mass is 360 g/mol. The van der Waals surface area contributed by atoms with E-state index in [1.165, 1.54) is 17.3 Å². The minimum Gasteiger partial charge on any atom is -0.323 e. The summed E-state index contributed by atoms with van der Waals surface area (Å²) in [6.45, 7) is 2.11. The number of aromatic nitrogens is 1. The molecule has 5 rings (SSSR count). The highest BCUT2D eigenvalue weighted by Crippen LogP contribution is 2.48. The lowest BCUT2D eigenvalue weighted by molar-refractivity contribution is -0.118. The fraction of sp³-hybridized carbons (Fsp3) is 0.150. The van der Waals surface area contributed by atoms with E-state index in [2.05, 4.69) is 33.8 Å². The maximum absolute atomic E-state index is 12.8. The molecule has 26 heavy (non-hydrogen) atoms. The number of nitrogens with one attached hydrogen (secondary N) is 2. The van der Waals surface area contributed by atoms with E-state index in [1.54, 1.807) is 6.20 Å². The Labute approximate surface area is 154 Å². The van der Waals surface area contributed by atoms with Crippen LogP contribution in [0, 0.1) is 0 Å². The summed E-state index contributed by atoms with van der Waals surface area (Å²) in [7, 11) is 0. The van der Waals surface area contributed by atoms with E-state index in [1.807, 2.05) is 42.5 Å². The van der Waals surface area contributed by atoms with Crippen LogP contribution in [0.1, 0.15) is 23.6 Å². The van der Waals surface area contributed by atoms with Crippen LogP contribution in [0.2, 0.25) is 0 Å². The molecule has 2 aromatic carbocycles. The summed E-state index contributed by atoms with van der Waals surface area (Å²) >= 11 is 1.45. The van der Waals surface area contributed by atoms with Crippen LogP contribution in [0.15, 0.2) is 59.8 Å². The van der Waals surface area contributed by atoms with Crippen molar-refractivity contribution < 1.29 is 4.79 Å². The zero-order valence-corrected chi connectivity index (χ0v) is 14.9. The predicted molar refractivity (Wildman–Crippen MR) is 105 cm³/mol. The number of benzene rings is 2. The summed E-state index contributed by atoms with van der Waals surface area (Å²) in [5.41, 5.74) is 7.93. The van der Waals surface area contributed by atoms with Crippen molar-refractivity contribution in [1.29, 1.82) is 0 Å². The summed E-state index contributed by atoms with van der Waals surface area (Å²) in [6, 6.07) is 16.1. The zero-order chi connectivity index (χ0) is 17.7. The van der Waals surface area contributed by atoms with Crippen molar-refractivity contribution in [3.63, 3.8) is 0 Å². The zero-order valence-electron chi connectivity index (χ0n) is 14.1. The average molecular weight is 360 g/mol. The number of nitrogens with zero attached hydrogens (tertiary/aromatic N) is 2. The van der Waals surface area contributed by atoms with Gasteiger partial charge in [0.2, 0.25) is 4.87 Å². The van der Waals surface area contributed by atoms with Gasteiger partial charge in [0.1, 0.15) is 5.04 Å². The first kappa shape index (κ1) is 15.4. The Morgan fingerprint density at radius 2 is 2.04 bits per heavy atom. The number of amides is 1. The largest absolute Gasteiger partial charge is 0.323 e. The number of thioether (sulfide) groups is 1. The first-order valence-electron chi connectivity index (χ1n) is 8.54. The van der Waals surface area contributed by atoms with E-state index >= 15 is 0 Å². The second-order valence-corrected chi connectivity index (χ2v) is 7.58. The van der Waals surface area contributed by atoms with Gasteiger partial charge in [-0.05, 0) is 36.2 Å². The number of carbonyl (C=O) groups is 1.